The SMILES string of the molecule is Cl.OCC1(c2ccccc2)CCN(CCc2ccccc2)C1c1ccccc1. The van der Waals surface area contributed by atoms with Crippen LogP contribution >= 0.6 is 12.4 Å². The van der Waals surface area contributed by atoms with Crippen molar-refractivity contribution in [3.8, 4) is 0 Å². The summed E-state index contributed by atoms with van der Waals surface area (Å²) in [6.45, 7) is 2.17. The van der Waals surface area contributed by atoms with Gasteiger partial charge in [0, 0.05) is 18.0 Å². The number of aliphatic hydroxyl groups is 1. The topological polar surface area (TPSA) is 23.5 Å². The highest BCUT2D eigenvalue weighted by atomic mass is 35.5. The number of nitrogens with zero attached hydrogens (tertiary/aromatic N) is 1. The molecular weight excluding hydrogens is 366 g/mol. The van der Waals surface area contributed by atoms with Gasteiger partial charge in [-0.15, -0.1) is 12.4 Å². The highest BCUT2D eigenvalue weighted by Crippen LogP contribution is 2.48. The largest absolute Gasteiger partial charge is 0.395 e. The number of rotatable bonds is 6. The summed E-state index contributed by atoms with van der Waals surface area (Å²) in [4.78, 5) is 2.56. The van der Waals surface area contributed by atoms with Gasteiger partial charge in [-0.2, -0.15) is 0 Å². The van der Waals surface area contributed by atoms with Crippen LogP contribution in [0, 0.1) is 0 Å². The van der Waals surface area contributed by atoms with Crippen LogP contribution in [0.4, 0.5) is 0 Å². The molecule has 1 aliphatic heterocycles. The van der Waals surface area contributed by atoms with Crippen molar-refractivity contribution in [2.45, 2.75) is 24.3 Å². The van der Waals surface area contributed by atoms with Crippen molar-refractivity contribution in [2.24, 2.45) is 0 Å². The fourth-order valence-corrected chi connectivity index (χ4v) is 4.61. The molecule has 2 unspecified atom stereocenters. The fourth-order valence-electron chi connectivity index (χ4n) is 4.61. The Morgan fingerprint density at radius 2 is 1.39 bits per heavy atom. The smallest absolute Gasteiger partial charge is 0.0546 e. The van der Waals surface area contributed by atoms with E-state index < -0.39 is 0 Å². The zero-order chi connectivity index (χ0) is 18.5. The van der Waals surface area contributed by atoms with Gasteiger partial charge in [-0.05, 0) is 36.1 Å². The summed E-state index contributed by atoms with van der Waals surface area (Å²) in [5.74, 6) is 0. The summed E-state index contributed by atoms with van der Waals surface area (Å²) in [6, 6.07) is 32.1. The molecule has 2 atom stereocenters. The minimum Gasteiger partial charge on any atom is -0.395 e. The predicted octanol–water partition coefficient (Wildman–Crippen LogP) is 5.03. The van der Waals surface area contributed by atoms with Gasteiger partial charge >= 0.3 is 0 Å². The van der Waals surface area contributed by atoms with E-state index in [9.17, 15) is 5.11 Å². The second-order valence-electron chi connectivity index (χ2n) is 7.52. The quantitative estimate of drug-likeness (QED) is 0.635. The van der Waals surface area contributed by atoms with Gasteiger partial charge in [-0.25, -0.2) is 0 Å². The zero-order valence-electron chi connectivity index (χ0n) is 16.1. The molecule has 28 heavy (non-hydrogen) atoms. The molecule has 3 heteroatoms. The van der Waals surface area contributed by atoms with Gasteiger partial charge in [0.05, 0.1) is 6.61 Å². The van der Waals surface area contributed by atoms with Crippen LogP contribution in [0.25, 0.3) is 0 Å². The first-order valence-corrected chi connectivity index (χ1v) is 9.83. The molecule has 4 rings (SSSR count). The number of aliphatic hydroxyl groups excluding tert-OH is 1. The Kier molecular flexibility index (Phi) is 6.90. The van der Waals surface area contributed by atoms with Crippen LogP contribution < -0.4 is 0 Å². The van der Waals surface area contributed by atoms with E-state index in [1.807, 2.05) is 6.07 Å². The minimum absolute atomic E-state index is 0. The molecule has 3 aromatic rings. The van der Waals surface area contributed by atoms with Crippen molar-refractivity contribution in [2.75, 3.05) is 19.7 Å². The molecule has 0 amide bonds. The van der Waals surface area contributed by atoms with Crippen molar-refractivity contribution in [3.05, 3.63) is 108 Å². The Hall–Kier alpha value is -2.13. The van der Waals surface area contributed by atoms with E-state index in [-0.39, 0.29) is 30.5 Å². The average Bonchev–Trinajstić information content (AvgIpc) is 3.14. The molecule has 0 spiro atoms. The number of likely N-dealkylation sites (tertiary alicyclic amines) is 1. The van der Waals surface area contributed by atoms with Crippen molar-refractivity contribution >= 4 is 12.4 Å². The minimum atomic E-state index is -0.251. The van der Waals surface area contributed by atoms with Gasteiger partial charge in [0.1, 0.15) is 0 Å². The molecule has 1 fully saturated rings. The van der Waals surface area contributed by atoms with Crippen LogP contribution in [0.1, 0.15) is 29.2 Å². The van der Waals surface area contributed by atoms with Gasteiger partial charge < -0.3 is 5.11 Å². The molecule has 1 N–H and O–H groups in total. The van der Waals surface area contributed by atoms with E-state index in [2.05, 4.69) is 89.8 Å². The monoisotopic (exact) mass is 393 g/mol. The summed E-state index contributed by atoms with van der Waals surface area (Å²) in [5, 5.41) is 10.6. The van der Waals surface area contributed by atoms with Gasteiger partial charge in [-0.1, -0.05) is 91.0 Å². The summed E-state index contributed by atoms with van der Waals surface area (Å²) in [5.41, 5.74) is 3.65. The Balaban J connectivity index is 0.00000225. The van der Waals surface area contributed by atoms with Crippen LogP contribution in [-0.4, -0.2) is 29.7 Å². The van der Waals surface area contributed by atoms with E-state index in [1.54, 1.807) is 0 Å². The maximum Gasteiger partial charge on any atom is 0.0546 e. The highest BCUT2D eigenvalue weighted by molar-refractivity contribution is 5.85. The standard InChI is InChI=1S/C25H27NO.ClH/c27-20-25(23-14-8-3-9-15-23)17-19-26(18-16-21-10-4-1-5-11-21)24(25)22-12-6-2-7-13-22;/h1-15,24,27H,16-20H2;1H. The predicted molar refractivity (Wildman–Crippen MR) is 118 cm³/mol. The Labute approximate surface area is 174 Å². The third-order valence-corrected chi connectivity index (χ3v) is 6.01. The van der Waals surface area contributed by atoms with Gasteiger partial charge in [0.15, 0.2) is 0 Å². The Bertz CT molecular complexity index is 840. The fraction of sp³-hybridized carbons (Fsp3) is 0.280. The number of hydrogen-bond acceptors (Lipinski definition) is 2. The summed E-state index contributed by atoms with van der Waals surface area (Å²) >= 11 is 0. The summed E-state index contributed by atoms with van der Waals surface area (Å²) in [7, 11) is 0. The molecule has 1 heterocycles. The Morgan fingerprint density at radius 3 is 2.00 bits per heavy atom. The van der Waals surface area contributed by atoms with Crippen LogP contribution in [-0.2, 0) is 11.8 Å². The summed E-state index contributed by atoms with van der Waals surface area (Å²) in [6.07, 6.45) is 2.00. The third kappa shape index (κ3) is 4.00. The van der Waals surface area contributed by atoms with E-state index >= 15 is 0 Å². The van der Waals surface area contributed by atoms with E-state index in [0.29, 0.717) is 0 Å². The number of halogens is 1. The molecule has 1 saturated heterocycles. The van der Waals surface area contributed by atoms with Gasteiger partial charge in [-0.3, -0.25) is 4.90 Å². The maximum atomic E-state index is 10.6. The average molecular weight is 394 g/mol. The van der Waals surface area contributed by atoms with Crippen molar-refractivity contribution < 1.29 is 5.11 Å². The first kappa shape index (κ1) is 20.6. The normalized spacial score (nSPS) is 22.0. The van der Waals surface area contributed by atoms with E-state index in [0.717, 1.165) is 25.9 Å². The first-order valence-electron chi connectivity index (χ1n) is 9.83. The van der Waals surface area contributed by atoms with E-state index in [1.165, 1.54) is 16.7 Å². The molecule has 0 saturated carbocycles. The molecule has 3 aromatic carbocycles. The number of benzene rings is 3. The van der Waals surface area contributed by atoms with Crippen molar-refractivity contribution in [1.82, 2.24) is 4.90 Å². The second-order valence-corrected chi connectivity index (χ2v) is 7.52. The van der Waals surface area contributed by atoms with Crippen LogP contribution in [0.2, 0.25) is 0 Å². The lowest BCUT2D eigenvalue weighted by Crippen LogP contribution is -2.39. The van der Waals surface area contributed by atoms with Crippen LogP contribution in [0.5, 0.6) is 0 Å². The summed E-state index contributed by atoms with van der Waals surface area (Å²) < 4.78 is 0. The molecular formula is C25H28ClNO. The van der Waals surface area contributed by atoms with Gasteiger partial charge in [0.2, 0.25) is 0 Å². The molecule has 146 valence electrons. The van der Waals surface area contributed by atoms with Crippen molar-refractivity contribution in [3.63, 3.8) is 0 Å². The molecule has 0 aliphatic carbocycles. The Morgan fingerprint density at radius 1 is 0.821 bits per heavy atom. The highest BCUT2D eigenvalue weighted by Gasteiger charge is 2.48. The molecule has 2 nitrogen and oxygen atoms in total. The maximum absolute atomic E-state index is 10.6. The molecule has 1 aliphatic rings. The molecule has 0 radical (unpaired) electrons. The van der Waals surface area contributed by atoms with Crippen molar-refractivity contribution in [1.29, 1.82) is 0 Å². The second kappa shape index (κ2) is 9.38. The van der Waals surface area contributed by atoms with E-state index in [4.69, 9.17) is 0 Å². The van der Waals surface area contributed by atoms with Crippen LogP contribution in [0.3, 0.4) is 0 Å². The van der Waals surface area contributed by atoms with Crippen LogP contribution in [0.15, 0.2) is 91.0 Å². The third-order valence-electron chi connectivity index (χ3n) is 6.01. The van der Waals surface area contributed by atoms with Gasteiger partial charge in [0.25, 0.3) is 0 Å². The first-order chi connectivity index (χ1) is 13.3. The lowest BCUT2D eigenvalue weighted by molar-refractivity contribution is 0.136. The lowest BCUT2D eigenvalue weighted by atomic mass is 9.72. The number of hydrogen-bond donors (Lipinski definition) is 1. The molecule has 0 aromatic heterocycles. The zero-order valence-corrected chi connectivity index (χ0v) is 16.9. The lowest BCUT2D eigenvalue weighted by Gasteiger charge is -2.38. The molecule has 0 bridgehead atoms.